The van der Waals surface area contributed by atoms with Crippen molar-refractivity contribution in [1.82, 2.24) is 0 Å². The zero-order chi connectivity index (χ0) is 13.9. The zero-order valence-corrected chi connectivity index (χ0v) is 12.4. The van der Waals surface area contributed by atoms with Crippen LogP contribution in [0.15, 0.2) is 27.6 Å². The van der Waals surface area contributed by atoms with Crippen molar-refractivity contribution >= 4 is 31.9 Å². The molecule has 0 aliphatic carbocycles. The van der Waals surface area contributed by atoms with Gasteiger partial charge in [-0.25, -0.2) is 18.4 Å². The Bertz CT molecular complexity index is 556. The Labute approximate surface area is 114 Å². The number of benzene rings is 1. The van der Waals surface area contributed by atoms with Crippen molar-refractivity contribution < 1.29 is 17.9 Å². The van der Waals surface area contributed by atoms with Crippen molar-refractivity contribution in [3.63, 3.8) is 0 Å². The van der Waals surface area contributed by atoms with Crippen molar-refractivity contribution in [1.29, 1.82) is 0 Å². The Balaban J connectivity index is 3.12. The fourth-order valence-electron chi connectivity index (χ4n) is 1.17. The molecule has 0 heterocycles. The van der Waals surface area contributed by atoms with Gasteiger partial charge in [0.1, 0.15) is 0 Å². The maximum absolute atomic E-state index is 11.8. The van der Waals surface area contributed by atoms with Gasteiger partial charge in [-0.2, -0.15) is 0 Å². The van der Waals surface area contributed by atoms with Crippen LogP contribution in [0.25, 0.3) is 0 Å². The number of hydrogen-bond donors (Lipinski definition) is 1. The maximum Gasteiger partial charge on any atom is 0.339 e. The molecule has 1 unspecified atom stereocenters. The summed E-state index contributed by atoms with van der Waals surface area (Å²) in [4.78, 5) is 11.7. The minimum absolute atomic E-state index is 0.123. The fraction of sp³-hybridized carbons (Fsp3) is 0.364. The first-order valence-electron chi connectivity index (χ1n) is 5.29. The topological polar surface area (TPSA) is 86.5 Å². The highest BCUT2D eigenvalue weighted by atomic mass is 79.9. The lowest BCUT2D eigenvalue weighted by atomic mass is 10.2. The average Bonchev–Trinajstić information content (AvgIpc) is 2.27. The number of nitrogens with two attached hydrogens (primary N) is 1. The molecule has 0 saturated heterocycles. The number of carbonyl (C=O) groups is 1. The summed E-state index contributed by atoms with van der Waals surface area (Å²) in [6.45, 7) is 3.64. The number of ether oxygens (including phenoxy) is 1. The molecule has 1 aromatic carbocycles. The van der Waals surface area contributed by atoms with E-state index in [1.54, 1.807) is 6.92 Å². The van der Waals surface area contributed by atoms with E-state index in [2.05, 4.69) is 15.9 Å². The van der Waals surface area contributed by atoms with Crippen LogP contribution >= 0.6 is 15.9 Å². The van der Waals surface area contributed by atoms with E-state index in [9.17, 15) is 13.2 Å². The SMILES string of the molecule is CCC(C)OC(=O)c1cc(S(N)(=O)=O)ccc1Br. The third kappa shape index (κ3) is 3.79. The molecule has 0 spiro atoms. The summed E-state index contributed by atoms with van der Waals surface area (Å²) < 4.78 is 28.0. The number of rotatable bonds is 4. The molecule has 0 amide bonds. The average molecular weight is 336 g/mol. The fourth-order valence-corrected chi connectivity index (χ4v) is 2.12. The van der Waals surface area contributed by atoms with E-state index in [0.717, 1.165) is 0 Å². The molecule has 0 fully saturated rings. The van der Waals surface area contributed by atoms with E-state index < -0.39 is 16.0 Å². The van der Waals surface area contributed by atoms with Gasteiger partial charge in [0.15, 0.2) is 0 Å². The first kappa shape index (κ1) is 15.1. The Hall–Kier alpha value is -0.920. The van der Waals surface area contributed by atoms with Gasteiger partial charge in [-0.05, 0) is 47.5 Å². The van der Waals surface area contributed by atoms with E-state index in [1.165, 1.54) is 18.2 Å². The number of halogens is 1. The summed E-state index contributed by atoms with van der Waals surface area (Å²) in [6, 6.07) is 3.97. The number of carbonyl (C=O) groups excluding carboxylic acids is 1. The maximum atomic E-state index is 11.8. The molecular formula is C11H14BrNO4S. The molecule has 7 heteroatoms. The molecule has 5 nitrogen and oxygen atoms in total. The van der Waals surface area contributed by atoms with Gasteiger partial charge >= 0.3 is 5.97 Å². The third-order valence-corrected chi connectivity index (χ3v) is 3.97. The van der Waals surface area contributed by atoms with Gasteiger partial charge in [-0.3, -0.25) is 0 Å². The van der Waals surface area contributed by atoms with Gasteiger partial charge < -0.3 is 4.74 Å². The van der Waals surface area contributed by atoms with Crippen molar-refractivity contribution in [2.75, 3.05) is 0 Å². The van der Waals surface area contributed by atoms with Crippen LogP contribution in [0.5, 0.6) is 0 Å². The van der Waals surface area contributed by atoms with Crippen LogP contribution in [0.2, 0.25) is 0 Å². The molecule has 1 rings (SSSR count). The van der Waals surface area contributed by atoms with Crippen LogP contribution in [0.3, 0.4) is 0 Å². The molecule has 0 bridgehead atoms. The van der Waals surface area contributed by atoms with Crippen molar-refractivity contribution in [3.05, 3.63) is 28.2 Å². The van der Waals surface area contributed by atoms with E-state index in [4.69, 9.17) is 9.88 Å². The van der Waals surface area contributed by atoms with Gasteiger partial charge in [-0.15, -0.1) is 0 Å². The predicted molar refractivity (Wildman–Crippen MR) is 70.7 cm³/mol. The highest BCUT2D eigenvalue weighted by Gasteiger charge is 2.18. The minimum atomic E-state index is -3.84. The molecule has 100 valence electrons. The van der Waals surface area contributed by atoms with Crippen LogP contribution in [0.4, 0.5) is 0 Å². The van der Waals surface area contributed by atoms with Gasteiger partial charge in [0.25, 0.3) is 0 Å². The second kappa shape index (κ2) is 5.81. The third-order valence-electron chi connectivity index (χ3n) is 2.37. The van der Waals surface area contributed by atoms with E-state index >= 15 is 0 Å². The predicted octanol–water partition coefficient (Wildman–Crippen LogP) is 2.05. The standard InChI is InChI=1S/C11H14BrNO4S/c1-3-7(2)17-11(14)9-6-8(18(13,15)16)4-5-10(9)12/h4-7H,3H2,1-2H3,(H2,13,15,16). The van der Waals surface area contributed by atoms with Gasteiger partial charge in [-0.1, -0.05) is 6.92 Å². The summed E-state index contributed by atoms with van der Waals surface area (Å²) in [5.74, 6) is -0.582. The second-order valence-corrected chi connectivity index (χ2v) is 6.23. The summed E-state index contributed by atoms with van der Waals surface area (Å²) in [5, 5.41) is 5.01. The van der Waals surface area contributed by atoms with Crippen molar-refractivity contribution in [2.45, 2.75) is 31.3 Å². The summed E-state index contributed by atoms with van der Waals surface area (Å²) in [6.07, 6.45) is 0.445. The van der Waals surface area contributed by atoms with Gasteiger partial charge in [0.2, 0.25) is 10.0 Å². The lowest BCUT2D eigenvalue weighted by molar-refractivity contribution is 0.0333. The summed E-state index contributed by atoms with van der Waals surface area (Å²) in [5.41, 5.74) is 0.141. The summed E-state index contributed by atoms with van der Waals surface area (Å²) >= 11 is 3.17. The van der Waals surface area contributed by atoms with Gasteiger partial charge in [0.05, 0.1) is 16.6 Å². The molecule has 0 radical (unpaired) electrons. The largest absolute Gasteiger partial charge is 0.459 e. The first-order chi connectivity index (χ1) is 8.25. The Morgan fingerprint density at radius 3 is 2.61 bits per heavy atom. The molecule has 0 aliphatic rings. The van der Waals surface area contributed by atoms with Crippen LogP contribution in [-0.2, 0) is 14.8 Å². The number of sulfonamides is 1. The molecule has 2 N–H and O–H groups in total. The smallest absolute Gasteiger partial charge is 0.339 e. The normalized spacial score (nSPS) is 13.1. The Kier molecular flexibility index (Phi) is 4.89. The lowest BCUT2D eigenvalue weighted by Gasteiger charge is -2.12. The zero-order valence-electron chi connectivity index (χ0n) is 10.0. The van der Waals surface area contributed by atoms with Crippen molar-refractivity contribution in [3.8, 4) is 0 Å². The summed E-state index contributed by atoms with van der Waals surface area (Å²) in [7, 11) is -3.84. The van der Waals surface area contributed by atoms with Gasteiger partial charge in [0, 0.05) is 4.47 Å². The quantitative estimate of drug-likeness (QED) is 0.853. The second-order valence-electron chi connectivity index (χ2n) is 3.81. The van der Waals surface area contributed by atoms with E-state index in [-0.39, 0.29) is 16.6 Å². The molecule has 0 aromatic heterocycles. The number of hydrogen-bond acceptors (Lipinski definition) is 4. The van der Waals surface area contributed by atoms with Crippen LogP contribution < -0.4 is 5.14 Å². The molecular weight excluding hydrogens is 322 g/mol. The molecule has 1 aromatic rings. The number of primary sulfonamides is 1. The molecule has 0 aliphatic heterocycles. The van der Waals surface area contributed by atoms with E-state index in [1.807, 2.05) is 6.92 Å². The van der Waals surface area contributed by atoms with E-state index in [0.29, 0.717) is 10.9 Å². The number of esters is 1. The molecule has 1 atom stereocenters. The minimum Gasteiger partial charge on any atom is -0.459 e. The highest BCUT2D eigenvalue weighted by molar-refractivity contribution is 9.10. The molecule has 0 saturated carbocycles. The van der Waals surface area contributed by atoms with Crippen LogP contribution in [0.1, 0.15) is 30.6 Å². The van der Waals surface area contributed by atoms with Crippen LogP contribution in [-0.4, -0.2) is 20.5 Å². The Morgan fingerprint density at radius 1 is 1.50 bits per heavy atom. The van der Waals surface area contributed by atoms with Crippen LogP contribution in [0, 0.1) is 0 Å². The highest BCUT2D eigenvalue weighted by Crippen LogP contribution is 2.22. The first-order valence-corrected chi connectivity index (χ1v) is 7.63. The molecule has 18 heavy (non-hydrogen) atoms. The lowest BCUT2D eigenvalue weighted by Crippen LogP contribution is -2.16. The Morgan fingerprint density at radius 2 is 2.11 bits per heavy atom. The van der Waals surface area contributed by atoms with Crippen molar-refractivity contribution in [2.24, 2.45) is 5.14 Å². The monoisotopic (exact) mass is 335 g/mol.